The fourth-order valence-electron chi connectivity index (χ4n) is 11.1. The van der Waals surface area contributed by atoms with E-state index in [-0.39, 0.29) is 0 Å². The maximum atomic E-state index is 6.65. The van der Waals surface area contributed by atoms with Gasteiger partial charge in [0.25, 0.3) is 0 Å². The zero-order valence-corrected chi connectivity index (χ0v) is 41.2. The number of furan rings is 1. The van der Waals surface area contributed by atoms with Crippen LogP contribution in [0.15, 0.2) is 259 Å². The van der Waals surface area contributed by atoms with Gasteiger partial charge in [0.2, 0.25) is 0 Å². The molecule has 5 nitrogen and oxygen atoms in total. The molecular formula is C69H42N4OS. The third-order valence-electron chi connectivity index (χ3n) is 14.6. The van der Waals surface area contributed by atoms with Crippen molar-refractivity contribution in [3.63, 3.8) is 0 Å². The smallest absolute Gasteiger partial charge is 0.164 e. The van der Waals surface area contributed by atoms with Crippen molar-refractivity contribution in [2.75, 3.05) is 0 Å². The summed E-state index contributed by atoms with van der Waals surface area (Å²) in [6.07, 6.45) is 0. The summed E-state index contributed by atoms with van der Waals surface area (Å²) in [7, 11) is 0. The molecule has 0 aliphatic rings. The number of thiophene rings is 1. The van der Waals surface area contributed by atoms with Gasteiger partial charge in [-0.3, -0.25) is 0 Å². The van der Waals surface area contributed by atoms with Crippen LogP contribution in [0.3, 0.4) is 0 Å². The van der Waals surface area contributed by atoms with Gasteiger partial charge in [-0.15, -0.1) is 11.3 Å². The van der Waals surface area contributed by atoms with Crippen LogP contribution < -0.4 is 0 Å². The highest BCUT2D eigenvalue weighted by Crippen LogP contribution is 2.44. The second-order valence-electron chi connectivity index (χ2n) is 19.1. The molecule has 0 spiro atoms. The van der Waals surface area contributed by atoms with Crippen LogP contribution in [0.25, 0.3) is 148 Å². The predicted octanol–water partition coefficient (Wildman–Crippen LogP) is 18.9. The number of fused-ring (bicyclic) bond motifs is 9. The molecular weight excluding hydrogens is 933 g/mol. The van der Waals surface area contributed by atoms with Gasteiger partial charge in [0.1, 0.15) is 11.2 Å². The monoisotopic (exact) mass is 974 g/mol. The first-order chi connectivity index (χ1) is 37.1. The van der Waals surface area contributed by atoms with Crippen LogP contribution in [-0.4, -0.2) is 19.5 Å². The molecule has 15 rings (SSSR count). The van der Waals surface area contributed by atoms with Gasteiger partial charge in [-0.2, -0.15) is 0 Å². The molecule has 4 heterocycles. The van der Waals surface area contributed by atoms with Crippen molar-refractivity contribution in [2.24, 2.45) is 0 Å². The van der Waals surface area contributed by atoms with Gasteiger partial charge in [0.15, 0.2) is 17.5 Å². The van der Waals surface area contributed by atoms with Gasteiger partial charge in [0.05, 0.1) is 16.7 Å². The number of aromatic nitrogens is 4. The summed E-state index contributed by atoms with van der Waals surface area (Å²) in [6.45, 7) is 0. The molecule has 11 aromatic carbocycles. The normalized spacial score (nSPS) is 11.7. The lowest BCUT2D eigenvalue weighted by Gasteiger charge is -2.13. The molecule has 0 amide bonds. The Balaban J connectivity index is 0.866. The van der Waals surface area contributed by atoms with Crippen LogP contribution in [-0.2, 0) is 0 Å². The fraction of sp³-hybridized carbons (Fsp3) is 0. The minimum absolute atomic E-state index is 0.572. The van der Waals surface area contributed by atoms with Gasteiger partial charge < -0.3 is 8.98 Å². The van der Waals surface area contributed by atoms with Gasteiger partial charge >= 0.3 is 0 Å². The topological polar surface area (TPSA) is 56.7 Å². The van der Waals surface area contributed by atoms with E-state index < -0.39 is 0 Å². The average molecular weight is 975 g/mol. The van der Waals surface area contributed by atoms with E-state index in [1.165, 1.54) is 47.7 Å². The van der Waals surface area contributed by atoms with Crippen molar-refractivity contribution in [3.8, 4) is 84.4 Å². The van der Waals surface area contributed by atoms with Gasteiger partial charge in [-0.1, -0.05) is 176 Å². The summed E-state index contributed by atoms with van der Waals surface area (Å²) < 4.78 is 11.7. The lowest BCUT2D eigenvalue weighted by atomic mass is 9.93. The summed E-state index contributed by atoms with van der Waals surface area (Å²) in [4.78, 5) is 15.8. The lowest BCUT2D eigenvalue weighted by Crippen LogP contribution is -2.00. The molecule has 350 valence electrons. The lowest BCUT2D eigenvalue weighted by molar-refractivity contribution is 0.669. The molecule has 0 bridgehead atoms. The number of para-hydroxylation sites is 1. The molecule has 0 saturated heterocycles. The van der Waals surface area contributed by atoms with Gasteiger partial charge in [-0.25, -0.2) is 15.0 Å². The molecule has 0 atom stereocenters. The Morgan fingerprint density at radius 1 is 0.293 bits per heavy atom. The van der Waals surface area contributed by atoms with E-state index >= 15 is 0 Å². The molecule has 6 heteroatoms. The SMILES string of the molecule is c1ccc(-c2cc(-c3ccccc3)cc(-c3cccc(-c4nc(-c5ccccc5)nc(-c5cccc6oc7ccc(-c8ccc9c(c8)c8ccccc8n9-c8cccc9sc%10ccccc%10c89)cc7c56)n4)c3)c2)cc1. The molecule has 75 heavy (non-hydrogen) atoms. The second-order valence-corrected chi connectivity index (χ2v) is 20.2. The Morgan fingerprint density at radius 2 is 0.813 bits per heavy atom. The predicted molar refractivity (Wildman–Crippen MR) is 312 cm³/mol. The molecule has 15 aromatic rings. The van der Waals surface area contributed by atoms with E-state index in [0.717, 1.165) is 83.1 Å². The molecule has 4 aromatic heterocycles. The van der Waals surface area contributed by atoms with Crippen molar-refractivity contribution in [2.45, 2.75) is 0 Å². The van der Waals surface area contributed by atoms with Crippen molar-refractivity contribution in [3.05, 3.63) is 255 Å². The Morgan fingerprint density at radius 3 is 1.57 bits per heavy atom. The Kier molecular flexibility index (Phi) is 10.00. The van der Waals surface area contributed by atoms with Crippen LogP contribution >= 0.6 is 11.3 Å². The quantitative estimate of drug-likeness (QED) is 0.152. The summed E-state index contributed by atoms with van der Waals surface area (Å²) in [5, 5.41) is 6.94. The number of hydrogen-bond acceptors (Lipinski definition) is 5. The zero-order chi connectivity index (χ0) is 49.4. The van der Waals surface area contributed by atoms with E-state index in [0.29, 0.717) is 17.5 Å². The van der Waals surface area contributed by atoms with E-state index in [1.54, 1.807) is 0 Å². The molecule has 0 unspecified atom stereocenters. The maximum Gasteiger partial charge on any atom is 0.164 e. The molecule has 0 saturated carbocycles. The van der Waals surface area contributed by atoms with Crippen LogP contribution in [0.2, 0.25) is 0 Å². The first kappa shape index (κ1) is 42.9. The van der Waals surface area contributed by atoms with Crippen LogP contribution in [0.1, 0.15) is 0 Å². The highest BCUT2D eigenvalue weighted by Gasteiger charge is 2.21. The van der Waals surface area contributed by atoms with Crippen molar-refractivity contribution in [1.82, 2.24) is 19.5 Å². The van der Waals surface area contributed by atoms with Crippen LogP contribution in [0.4, 0.5) is 0 Å². The molecule has 0 aliphatic carbocycles. The van der Waals surface area contributed by atoms with Gasteiger partial charge in [-0.05, 0) is 123 Å². The highest BCUT2D eigenvalue weighted by molar-refractivity contribution is 7.25. The van der Waals surface area contributed by atoms with Gasteiger partial charge in [0, 0.05) is 58.4 Å². The Hall–Kier alpha value is -9.75. The number of rotatable bonds is 8. The third-order valence-corrected chi connectivity index (χ3v) is 15.8. The number of benzene rings is 11. The minimum atomic E-state index is 0.572. The fourth-order valence-corrected chi connectivity index (χ4v) is 12.2. The zero-order valence-electron chi connectivity index (χ0n) is 40.4. The summed E-state index contributed by atoms with van der Waals surface area (Å²) >= 11 is 1.85. The Bertz CT molecular complexity index is 4650. The molecule has 0 aliphatic heterocycles. The van der Waals surface area contributed by atoms with E-state index in [2.05, 4.69) is 229 Å². The van der Waals surface area contributed by atoms with Crippen LogP contribution in [0.5, 0.6) is 0 Å². The summed E-state index contributed by atoms with van der Waals surface area (Å²) in [5.41, 5.74) is 16.8. The maximum absolute atomic E-state index is 6.65. The average Bonchev–Trinajstić information content (AvgIpc) is 4.19. The van der Waals surface area contributed by atoms with Crippen molar-refractivity contribution in [1.29, 1.82) is 0 Å². The van der Waals surface area contributed by atoms with E-state index in [1.807, 2.05) is 41.7 Å². The van der Waals surface area contributed by atoms with E-state index in [4.69, 9.17) is 19.4 Å². The molecule has 0 radical (unpaired) electrons. The van der Waals surface area contributed by atoms with E-state index in [9.17, 15) is 0 Å². The first-order valence-corrected chi connectivity index (χ1v) is 26.0. The second kappa shape index (κ2) is 17.5. The number of hydrogen-bond donors (Lipinski definition) is 0. The standard InChI is InChI=1S/C69H42N4OS/c1-4-17-43(18-5-1)50-38-51(44-19-6-2-7-20-44)40-52(39-50)46-23-14-24-49(37-46)68-70-67(45-21-8-3-9-22-45)71-69(72-68)55-27-15-30-62-65(55)57-42-48(34-36-61(57)74-62)47-33-35-59-56(41-47)53-25-10-12-28-58(53)73(59)60-29-16-32-64-66(60)54-26-11-13-31-63(54)75-64/h1-42H. The molecule has 0 N–H and O–H groups in total. The summed E-state index contributed by atoms with van der Waals surface area (Å²) in [5.74, 6) is 1.76. The largest absolute Gasteiger partial charge is 0.456 e. The summed E-state index contributed by atoms with van der Waals surface area (Å²) in [6, 6.07) is 90.5. The van der Waals surface area contributed by atoms with Crippen molar-refractivity contribution >= 4 is 75.3 Å². The third kappa shape index (κ3) is 7.33. The highest BCUT2D eigenvalue weighted by atomic mass is 32.1. The Labute approximate surface area is 435 Å². The number of nitrogens with zero attached hydrogens (tertiary/aromatic N) is 4. The van der Waals surface area contributed by atoms with Crippen LogP contribution in [0, 0.1) is 0 Å². The van der Waals surface area contributed by atoms with Crippen molar-refractivity contribution < 1.29 is 4.42 Å². The minimum Gasteiger partial charge on any atom is -0.456 e. The molecule has 0 fully saturated rings. The first-order valence-electron chi connectivity index (χ1n) is 25.2.